The molecule has 27 heavy (non-hydrogen) atoms. The Morgan fingerprint density at radius 2 is 1.67 bits per heavy atom. The van der Waals surface area contributed by atoms with Gasteiger partial charge in [0.2, 0.25) is 5.91 Å². The van der Waals surface area contributed by atoms with Crippen LogP contribution in [0.1, 0.15) is 50.2 Å². The van der Waals surface area contributed by atoms with Crippen molar-refractivity contribution in [1.29, 1.82) is 0 Å². The van der Waals surface area contributed by atoms with Crippen molar-refractivity contribution >= 4 is 17.6 Å². The Hall–Kier alpha value is -2.95. The molecule has 0 bridgehead atoms. The van der Waals surface area contributed by atoms with E-state index in [1.54, 1.807) is 37.4 Å². The van der Waals surface area contributed by atoms with Gasteiger partial charge in [-0.05, 0) is 49.9 Å². The van der Waals surface area contributed by atoms with Crippen molar-refractivity contribution in [3.63, 3.8) is 0 Å². The summed E-state index contributed by atoms with van der Waals surface area (Å²) in [5.74, 6) is -0.710. The van der Waals surface area contributed by atoms with Crippen LogP contribution in [0.3, 0.4) is 0 Å². The van der Waals surface area contributed by atoms with E-state index in [0.717, 1.165) is 24.0 Å². The molecule has 1 saturated carbocycles. The molecular formula is C22H24N2O3. The van der Waals surface area contributed by atoms with E-state index in [1.165, 1.54) is 4.90 Å². The minimum absolute atomic E-state index is 0.0263. The van der Waals surface area contributed by atoms with Crippen molar-refractivity contribution in [2.75, 3.05) is 13.6 Å². The molecule has 0 aromatic heterocycles. The molecule has 1 aliphatic carbocycles. The highest BCUT2D eigenvalue weighted by molar-refractivity contribution is 6.15. The minimum Gasteiger partial charge on any atom is -0.352 e. The zero-order chi connectivity index (χ0) is 19.6. The summed E-state index contributed by atoms with van der Waals surface area (Å²) in [7, 11) is 1.58. The van der Waals surface area contributed by atoms with Gasteiger partial charge in [-0.1, -0.05) is 30.3 Å². The number of ketones is 1. The van der Waals surface area contributed by atoms with Gasteiger partial charge in [-0.25, -0.2) is 0 Å². The topological polar surface area (TPSA) is 66.5 Å². The molecule has 0 atom stereocenters. The molecule has 5 nitrogen and oxygen atoms in total. The number of carbonyl (C=O) groups excluding carboxylic acids is 3. The third-order valence-corrected chi connectivity index (χ3v) is 4.84. The summed E-state index contributed by atoms with van der Waals surface area (Å²) in [5.41, 5.74) is 3.34. The van der Waals surface area contributed by atoms with E-state index in [1.807, 2.05) is 26.0 Å². The zero-order valence-corrected chi connectivity index (χ0v) is 15.9. The molecule has 3 rings (SSSR count). The van der Waals surface area contributed by atoms with Crippen LogP contribution in [0.5, 0.6) is 0 Å². The third-order valence-electron chi connectivity index (χ3n) is 4.84. The first-order chi connectivity index (χ1) is 12.9. The molecule has 5 heteroatoms. The Bertz CT molecular complexity index is 900. The maximum absolute atomic E-state index is 13.0. The van der Waals surface area contributed by atoms with E-state index < -0.39 is 0 Å². The normalized spacial score (nSPS) is 13.1. The molecule has 1 N–H and O–H groups in total. The maximum Gasteiger partial charge on any atom is 0.254 e. The molecule has 140 valence electrons. The van der Waals surface area contributed by atoms with Crippen molar-refractivity contribution in [1.82, 2.24) is 10.2 Å². The van der Waals surface area contributed by atoms with Crippen LogP contribution in [-0.2, 0) is 4.79 Å². The summed E-state index contributed by atoms with van der Waals surface area (Å²) < 4.78 is 0. The Kier molecular flexibility index (Phi) is 5.40. The van der Waals surface area contributed by atoms with Crippen LogP contribution in [0.25, 0.3) is 0 Å². The molecule has 1 aliphatic rings. The lowest BCUT2D eigenvalue weighted by Gasteiger charge is -2.18. The number of aryl methyl sites for hydroxylation is 2. The third kappa shape index (κ3) is 4.42. The lowest BCUT2D eigenvalue weighted by Crippen LogP contribution is -2.39. The fraction of sp³-hybridized carbons (Fsp3) is 0.318. The number of carbonyl (C=O) groups is 3. The van der Waals surface area contributed by atoms with Crippen molar-refractivity contribution in [3.8, 4) is 0 Å². The lowest BCUT2D eigenvalue weighted by molar-refractivity contribution is -0.121. The summed E-state index contributed by atoms with van der Waals surface area (Å²) in [4.78, 5) is 39.2. The van der Waals surface area contributed by atoms with Gasteiger partial charge >= 0.3 is 0 Å². The lowest BCUT2D eigenvalue weighted by atomic mass is 9.95. The molecule has 2 aromatic carbocycles. The summed E-state index contributed by atoms with van der Waals surface area (Å²) in [6.45, 7) is 3.92. The molecule has 2 amide bonds. The van der Waals surface area contributed by atoms with Gasteiger partial charge in [-0.15, -0.1) is 0 Å². The molecular weight excluding hydrogens is 340 g/mol. The second-order valence-electron chi connectivity index (χ2n) is 7.18. The number of likely N-dealkylation sites (N-methyl/N-ethyl adjacent to an activating group) is 1. The maximum atomic E-state index is 13.0. The summed E-state index contributed by atoms with van der Waals surface area (Å²) in [6, 6.07) is 12.5. The predicted octanol–water partition coefficient (Wildman–Crippen LogP) is 2.89. The number of rotatable bonds is 6. The fourth-order valence-electron chi connectivity index (χ4n) is 2.90. The molecule has 2 aromatic rings. The molecule has 0 radical (unpaired) electrons. The van der Waals surface area contributed by atoms with Crippen LogP contribution >= 0.6 is 0 Å². The number of hydrogen-bond acceptors (Lipinski definition) is 3. The van der Waals surface area contributed by atoms with Crippen LogP contribution in [0, 0.1) is 13.8 Å². The van der Waals surface area contributed by atoms with Crippen molar-refractivity contribution in [2.45, 2.75) is 32.7 Å². The highest BCUT2D eigenvalue weighted by Crippen LogP contribution is 2.20. The van der Waals surface area contributed by atoms with E-state index >= 15 is 0 Å². The van der Waals surface area contributed by atoms with Crippen LogP contribution in [0.15, 0.2) is 42.5 Å². The van der Waals surface area contributed by atoms with Gasteiger partial charge in [0.15, 0.2) is 5.78 Å². The van der Waals surface area contributed by atoms with Crippen molar-refractivity contribution in [2.24, 2.45) is 0 Å². The first-order valence-corrected chi connectivity index (χ1v) is 9.12. The van der Waals surface area contributed by atoms with E-state index in [2.05, 4.69) is 5.32 Å². The second-order valence-corrected chi connectivity index (χ2v) is 7.18. The molecule has 1 fully saturated rings. The van der Waals surface area contributed by atoms with Crippen LogP contribution < -0.4 is 5.32 Å². The molecule has 0 saturated heterocycles. The number of nitrogens with one attached hydrogen (secondary N) is 1. The predicted molar refractivity (Wildman–Crippen MR) is 104 cm³/mol. The van der Waals surface area contributed by atoms with Crippen LogP contribution in [0.4, 0.5) is 0 Å². The second kappa shape index (κ2) is 7.74. The number of benzene rings is 2. The number of nitrogens with zero attached hydrogens (tertiary/aromatic N) is 1. The van der Waals surface area contributed by atoms with Crippen molar-refractivity contribution in [3.05, 3.63) is 70.3 Å². The van der Waals surface area contributed by atoms with Gasteiger partial charge in [0.25, 0.3) is 5.91 Å². The highest BCUT2D eigenvalue weighted by atomic mass is 16.2. The Morgan fingerprint density at radius 1 is 1.00 bits per heavy atom. The number of amides is 2. The van der Waals surface area contributed by atoms with Gasteiger partial charge in [0.05, 0.1) is 12.1 Å². The first kappa shape index (κ1) is 18.8. The van der Waals surface area contributed by atoms with Crippen molar-refractivity contribution < 1.29 is 14.4 Å². The zero-order valence-electron chi connectivity index (χ0n) is 15.9. The highest BCUT2D eigenvalue weighted by Gasteiger charge is 2.26. The quantitative estimate of drug-likeness (QED) is 0.802. The largest absolute Gasteiger partial charge is 0.352 e. The van der Waals surface area contributed by atoms with E-state index in [4.69, 9.17) is 0 Å². The first-order valence-electron chi connectivity index (χ1n) is 9.12. The summed E-state index contributed by atoms with van der Waals surface area (Å²) >= 11 is 0. The molecule has 0 unspecified atom stereocenters. The average Bonchev–Trinajstić information content (AvgIpc) is 3.46. The number of hydrogen-bond donors (Lipinski definition) is 1. The standard InChI is InChI=1S/C22H24N2O3/c1-14-8-9-16(12-15(14)2)21(26)18-6-4-5-7-19(18)22(27)24(3)13-20(25)23-17-10-11-17/h4-9,12,17H,10-11,13H2,1-3H3,(H,23,25). The fourth-order valence-corrected chi connectivity index (χ4v) is 2.90. The van der Waals surface area contributed by atoms with Crippen LogP contribution in [0.2, 0.25) is 0 Å². The van der Waals surface area contributed by atoms with E-state index in [0.29, 0.717) is 16.7 Å². The Morgan fingerprint density at radius 3 is 2.30 bits per heavy atom. The van der Waals surface area contributed by atoms with E-state index in [-0.39, 0.29) is 30.2 Å². The minimum atomic E-state index is -0.339. The van der Waals surface area contributed by atoms with Gasteiger partial charge in [-0.3, -0.25) is 14.4 Å². The molecule has 0 spiro atoms. The van der Waals surface area contributed by atoms with Crippen LogP contribution in [-0.4, -0.2) is 42.1 Å². The average molecular weight is 364 g/mol. The monoisotopic (exact) mass is 364 g/mol. The van der Waals surface area contributed by atoms with Gasteiger partial charge in [0, 0.05) is 24.2 Å². The van der Waals surface area contributed by atoms with Gasteiger partial charge < -0.3 is 10.2 Å². The Balaban J connectivity index is 1.81. The molecule has 0 heterocycles. The van der Waals surface area contributed by atoms with E-state index in [9.17, 15) is 14.4 Å². The summed E-state index contributed by atoms with van der Waals surface area (Å²) in [6.07, 6.45) is 1.99. The smallest absolute Gasteiger partial charge is 0.254 e. The van der Waals surface area contributed by atoms with Gasteiger partial charge in [0.1, 0.15) is 0 Å². The Labute approximate surface area is 159 Å². The van der Waals surface area contributed by atoms with Gasteiger partial charge in [-0.2, -0.15) is 0 Å². The SMILES string of the molecule is Cc1ccc(C(=O)c2ccccc2C(=O)N(C)CC(=O)NC2CC2)cc1C. The summed E-state index contributed by atoms with van der Waals surface area (Å²) in [5, 5.41) is 2.87. The molecule has 0 aliphatic heterocycles.